The summed E-state index contributed by atoms with van der Waals surface area (Å²) in [6.45, 7) is 2.76. The van der Waals surface area contributed by atoms with Gasteiger partial charge in [-0.2, -0.15) is 0 Å². The molecule has 20 heavy (non-hydrogen) atoms. The number of carbonyl (C=O) groups is 1. The lowest BCUT2D eigenvalue weighted by Gasteiger charge is -2.19. The second kappa shape index (κ2) is 7.75. The van der Waals surface area contributed by atoms with Crippen LogP contribution >= 0.6 is 0 Å². The maximum atomic E-state index is 11.7. The third kappa shape index (κ3) is 4.42. The molecule has 1 atom stereocenters. The van der Waals surface area contributed by atoms with Gasteiger partial charge in [0.15, 0.2) is 0 Å². The molecule has 1 aromatic carbocycles. The Morgan fingerprint density at radius 1 is 1.35 bits per heavy atom. The molecular formula is C15H24N2O3. The van der Waals surface area contributed by atoms with Crippen molar-refractivity contribution in [1.82, 2.24) is 4.90 Å². The zero-order valence-corrected chi connectivity index (χ0v) is 12.9. The van der Waals surface area contributed by atoms with Crippen molar-refractivity contribution in [3.63, 3.8) is 0 Å². The fraction of sp³-hybridized carbons (Fsp3) is 0.533. The number of nitrogens with one attached hydrogen (secondary N) is 1. The third-order valence-corrected chi connectivity index (χ3v) is 2.99. The highest BCUT2D eigenvalue weighted by Gasteiger charge is 2.18. The topological polar surface area (TPSA) is 50.8 Å². The largest absolute Gasteiger partial charge is 0.495 e. The minimum absolute atomic E-state index is 0.271. The van der Waals surface area contributed by atoms with Gasteiger partial charge in [-0.15, -0.1) is 0 Å². The van der Waals surface area contributed by atoms with Crippen LogP contribution in [0.25, 0.3) is 0 Å². The number of esters is 1. The van der Waals surface area contributed by atoms with Gasteiger partial charge in [-0.25, -0.2) is 4.79 Å². The minimum Gasteiger partial charge on any atom is -0.495 e. The van der Waals surface area contributed by atoms with E-state index in [0.717, 1.165) is 23.5 Å². The molecule has 1 N–H and O–H groups in total. The average Bonchev–Trinajstić information content (AvgIpc) is 2.43. The number of carbonyl (C=O) groups excluding carboxylic acids is 1. The van der Waals surface area contributed by atoms with Crippen LogP contribution in [-0.4, -0.2) is 45.2 Å². The zero-order valence-electron chi connectivity index (χ0n) is 12.9. The van der Waals surface area contributed by atoms with Crippen molar-refractivity contribution in [2.45, 2.75) is 25.9 Å². The summed E-state index contributed by atoms with van der Waals surface area (Å²) < 4.78 is 10.1. The van der Waals surface area contributed by atoms with Gasteiger partial charge in [-0.05, 0) is 38.2 Å². The molecule has 0 aliphatic heterocycles. The fourth-order valence-corrected chi connectivity index (χ4v) is 1.99. The number of hydrogen-bond donors (Lipinski definition) is 1. The smallest absolute Gasteiger partial charge is 0.328 e. The molecule has 1 aromatic rings. The molecule has 1 rings (SSSR count). The maximum absolute atomic E-state index is 11.7. The van der Waals surface area contributed by atoms with Crippen molar-refractivity contribution in [1.29, 1.82) is 0 Å². The van der Waals surface area contributed by atoms with Crippen LogP contribution in [0, 0.1) is 0 Å². The van der Waals surface area contributed by atoms with E-state index < -0.39 is 0 Å². The van der Waals surface area contributed by atoms with Gasteiger partial charge < -0.3 is 19.7 Å². The number of nitrogens with zero attached hydrogens (tertiary/aromatic N) is 1. The number of rotatable bonds is 7. The summed E-state index contributed by atoms with van der Waals surface area (Å²) in [6, 6.07) is 5.56. The van der Waals surface area contributed by atoms with Gasteiger partial charge in [0.25, 0.3) is 0 Å². The van der Waals surface area contributed by atoms with E-state index in [-0.39, 0.29) is 12.0 Å². The van der Waals surface area contributed by atoms with Crippen LogP contribution in [-0.2, 0) is 16.1 Å². The first-order chi connectivity index (χ1) is 9.51. The molecule has 0 spiro atoms. The summed E-state index contributed by atoms with van der Waals surface area (Å²) in [7, 11) is 7.04. The SMILES string of the molecule is CCC(Nc1cc(CN(C)C)ccc1OC)C(=O)OC. The Balaban J connectivity index is 2.97. The molecule has 0 radical (unpaired) electrons. The van der Waals surface area contributed by atoms with Crippen LogP contribution in [0.4, 0.5) is 5.69 Å². The molecular weight excluding hydrogens is 256 g/mol. The minimum atomic E-state index is -0.372. The number of hydrogen-bond acceptors (Lipinski definition) is 5. The second-order valence-electron chi connectivity index (χ2n) is 4.90. The van der Waals surface area contributed by atoms with Crippen molar-refractivity contribution in [3.8, 4) is 5.75 Å². The van der Waals surface area contributed by atoms with Gasteiger partial charge in [0, 0.05) is 6.54 Å². The van der Waals surface area contributed by atoms with Crippen molar-refractivity contribution >= 4 is 11.7 Å². The van der Waals surface area contributed by atoms with E-state index in [0.29, 0.717) is 6.42 Å². The van der Waals surface area contributed by atoms with Crippen molar-refractivity contribution in [3.05, 3.63) is 23.8 Å². The van der Waals surface area contributed by atoms with Gasteiger partial charge >= 0.3 is 5.97 Å². The van der Waals surface area contributed by atoms with E-state index in [9.17, 15) is 4.79 Å². The quantitative estimate of drug-likeness (QED) is 0.775. The molecule has 0 heterocycles. The molecule has 0 bridgehead atoms. The lowest BCUT2D eigenvalue weighted by atomic mass is 10.1. The molecule has 5 heteroatoms. The first kappa shape index (κ1) is 16.3. The molecule has 0 aromatic heterocycles. The van der Waals surface area contributed by atoms with Gasteiger partial charge in [0.2, 0.25) is 0 Å². The Morgan fingerprint density at radius 3 is 2.55 bits per heavy atom. The number of anilines is 1. The summed E-state index contributed by atoms with van der Waals surface area (Å²) in [4.78, 5) is 13.8. The van der Waals surface area contributed by atoms with E-state index in [1.807, 2.05) is 39.2 Å². The van der Waals surface area contributed by atoms with Crippen LogP contribution in [0.3, 0.4) is 0 Å². The van der Waals surface area contributed by atoms with Gasteiger partial charge in [0.05, 0.1) is 19.9 Å². The van der Waals surface area contributed by atoms with Gasteiger partial charge in [-0.1, -0.05) is 13.0 Å². The summed E-state index contributed by atoms with van der Waals surface area (Å²) in [5.41, 5.74) is 1.96. The third-order valence-electron chi connectivity index (χ3n) is 2.99. The highest BCUT2D eigenvalue weighted by Crippen LogP contribution is 2.27. The highest BCUT2D eigenvalue weighted by molar-refractivity contribution is 5.80. The zero-order chi connectivity index (χ0) is 15.1. The molecule has 0 aliphatic rings. The molecule has 1 unspecified atom stereocenters. The van der Waals surface area contributed by atoms with Crippen LogP contribution < -0.4 is 10.1 Å². The normalized spacial score (nSPS) is 12.1. The van der Waals surface area contributed by atoms with E-state index >= 15 is 0 Å². The van der Waals surface area contributed by atoms with Gasteiger partial charge in [-0.3, -0.25) is 0 Å². The van der Waals surface area contributed by atoms with Crippen molar-refractivity contribution in [2.24, 2.45) is 0 Å². The number of methoxy groups -OCH3 is 2. The standard InChI is InChI=1S/C15H24N2O3/c1-6-12(15(18)20-5)16-13-9-11(10-17(2)3)7-8-14(13)19-4/h7-9,12,16H,6,10H2,1-5H3. The molecule has 0 amide bonds. The van der Waals surface area contributed by atoms with E-state index in [2.05, 4.69) is 10.2 Å². The molecule has 0 saturated carbocycles. The summed E-state index contributed by atoms with van der Waals surface area (Å²) in [5.74, 6) is 0.447. The van der Waals surface area contributed by atoms with Gasteiger partial charge in [0.1, 0.15) is 11.8 Å². The fourth-order valence-electron chi connectivity index (χ4n) is 1.99. The lowest BCUT2D eigenvalue weighted by molar-refractivity contribution is -0.141. The number of benzene rings is 1. The van der Waals surface area contributed by atoms with Crippen LogP contribution in [0.1, 0.15) is 18.9 Å². The molecule has 0 saturated heterocycles. The van der Waals surface area contributed by atoms with Crippen molar-refractivity contribution in [2.75, 3.05) is 33.6 Å². The second-order valence-corrected chi connectivity index (χ2v) is 4.90. The number of ether oxygens (including phenoxy) is 2. The molecule has 5 nitrogen and oxygen atoms in total. The Kier molecular flexibility index (Phi) is 6.31. The molecule has 112 valence electrons. The summed E-state index contributed by atoms with van der Waals surface area (Å²) in [5, 5.41) is 3.19. The Morgan fingerprint density at radius 2 is 2.05 bits per heavy atom. The molecule has 0 aliphatic carbocycles. The Hall–Kier alpha value is -1.75. The monoisotopic (exact) mass is 280 g/mol. The first-order valence-electron chi connectivity index (χ1n) is 6.67. The lowest BCUT2D eigenvalue weighted by Crippen LogP contribution is -2.30. The van der Waals surface area contributed by atoms with Crippen LogP contribution in [0.2, 0.25) is 0 Å². The van der Waals surface area contributed by atoms with Crippen molar-refractivity contribution < 1.29 is 14.3 Å². The first-order valence-corrected chi connectivity index (χ1v) is 6.67. The maximum Gasteiger partial charge on any atom is 0.328 e. The van der Waals surface area contributed by atoms with Crippen LogP contribution in [0.15, 0.2) is 18.2 Å². The molecule has 0 fully saturated rings. The predicted molar refractivity (Wildman–Crippen MR) is 80.1 cm³/mol. The van der Waals surface area contributed by atoms with Crippen LogP contribution in [0.5, 0.6) is 5.75 Å². The summed E-state index contributed by atoms with van der Waals surface area (Å²) >= 11 is 0. The van der Waals surface area contributed by atoms with E-state index in [1.54, 1.807) is 7.11 Å². The predicted octanol–water partition coefficient (Wildman–Crippen LogP) is 2.12. The Bertz CT molecular complexity index is 447. The summed E-state index contributed by atoms with van der Waals surface area (Å²) in [6.07, 6.45) is 0.647. The highest BCUT2D eigenvalue weighted by atomic mass is 16.5. The van der Waals surface area contributed by atoms with E-state index in [4.69, 9.17) is 9.47 Å². The average molecular weight is 280 g/mol. The van der Waals surface area contributed by atoms with E-state index in [1.165, 1.54) is 7.11 Å². The Labute approximate surface area is 120 Å².